The number of anilines is 1. The molecule has 3 N–H and O–H groups in total. The van der Waals surface area contributed by atoms with Gasteiger partial charge in [-0.05, 0) is 12.0 Å². The highest BCUT2D eigenvalue weighted by atomic mass is 16.1. The third kappa shape index (κ3) is 2.28. The number of carbonyl (C=O) groups excluding carboxylic acids is 1. The number of hydrogen-bond acceptors (Lipinski definition) is 3. The van der Waals surface area contributed by atoms with Crippen LogP contribution >= 0.6 is 0 Å². The van der Waals surface area contributed by atoms with Gasteiger partial charge in [0.15, 0.2) is 5.78 Å². The normalized spacial score (nSPS) is 10.2. The molecule has 0 unspecified atom stereocenters. The fourth-order valence-electron chi connectivity index (χ4n) is 1.56. The van der Waals surface area contributed by atoms with E-state index in [4.69, 9.17) is 5.73 Å². The maximum atomic E-state index is 11.8. The maximum Gasteiger partial charge on any atom is 0.168 e. The molecule has 0 aliphatic heterocycles. The van der Waals surface area contributed by atoms with Crippen LogP contribution in [0.2, 0.25) is 0 Å². The summed E-state index contributed by atoms with van der Waals surface area (Å²) in [6.45, 7) is 0. The SMILES string of the molecule is Nc1[nH]ncc1C(=O)CCc1ccccc1. The number of rotatable bonds is 4. The molecule has 0 amide bonds. The number of H-pyrrole nitrogens is 1. The smallest absolute Gasteiger partial charge is 0.168 e. The molecule has 1 aromatic carbocycles. The van der Waals surface area contributed by atoms with Crippen molar-refractivity contribution in [2.24, 2.45) is 0 Å². The van der Waals surface area contributed by atoms with E-state index >= 15 is 0 Å². The van der Waals surface area contributed by atoms with Gasteiger partial charge in [-0.2, -0.15) is 5.10 Å². The number of Topliss-reactive ketones (excluding diaryl/α,β-unsaturated/α-hetero) is 1. The summed E-state index contributed by atoms with van der Waals surface area (Å²) in [5.74, 6) is 0.369. The zero-order valence-corrected chi connectivity index (χ0v) is 8.81. The van der Waals surface area contributed by atoms with Crippen LogP contribution in [0.25, 0.3) is 0 Å². The van der Waals surface area contributed by atoms with Gasteiger partial charge in [-0.25, -0.2) is 0 Å². The van der Waals surface area contributed by atoms with Crippen LogP contribution in [0.4, 0.5) is 5.82 Å². The van der Waals surface area contributed by atoms with Crippen LogP contribution in [0.15, 0.2) is 36.5 Å². The molecule has 0 saturated heterocycles. The molecule has 0 atom stereocenters. The summed E-state index contributed by atoms with van der Waals surface area (Å²) in [4.78, 5) is 11.8. The number of aromatic amines is 1. The summed E-state index contributed by atoms with van der Waals surface area (Å²) < 4.78 is 0. The Labute approximate surface area is 93.5 Å². The Bertz CT molecular complexity index is 476. The van der Waals surface area contributed by atoms with Crippen molar-refractivity contribution < 1.29 is 4.79 Å². The first-order valence-electron chi connectivity index (χ1n) is 5.13. The minimum Gasteiger partial charge on any atom is -0.383 e. The standard InChI is InChI=1S/C12H13N3O/c13-12-10(8-14-15-12)11(16)7-6-9-4-2-1-3-5-9/h1-5,8H,6-7H2,(H3,13,14,15). The first kappa shape index (κ1) is 10.4. The van der Waals surface area contributed by atoms with Gasteiger partial charge in [0.25, 0.3) is 0 Å². The zero-order valence-electron chi connectivity index (χ0n) is 8.81. The first-order chi connectivity index (χ1) is 7.77. The summed E-state index contributed by atoms with van der Waals surface area (Å²) in [5.41, 5.74) is 7.20. The van der Waals surface area contributed by atoms with E-state index in [1.54, 1.807) is 0 Å². The average Bonchev–Trinajstić information content (AvgIpc) is 2.74. The number of aromatic nitrogens is 2. The molecule has 0 aliphatic rings. The molecule has 82 valence electrons. The average molecular weight is 215 g/mol. The van der Waals surface area contributed by atoms with E-state index in [1.165, 1.54) is 6.20 Å². The molecule has 0 fully saturated rings. The largest absolute Gasteiger partial charge is 0.383 e. The van der Waals surface area contributed by atoms with Crippen LogP contribution < -0.4 is 5.73 Å². The number of carbonyl (C=O) groups is 1. The molecule has 0 aliphatic carbocycles. The summed E-state index contributed by atoms with van der Waals surface area (Å²) in [6.07, 6.45) is 2.65. The van der Waals surface area contributed by atoms with E-state index in [2.05, 4.69) is 10.2 Å². The third-order valence-electron chi connectivity index (χ3n) is 2.45. The second-order valence-corrected chi connectivity index (χ2v) is 3.61. The lowest BCUT2D eigenvalue weighted by atomic mass is 10.0. The van der Waals surface area contributed by atoms with Crippen molar-refractivity contribution >= 4 is 11.6 Å². The van der Waals surface area contributed by atoms with E-state index < -0.39 is 0 Å². The lowest BCUT2D eigenvalue weighted by Gasteiger charge is -2.00. The zero-order chi connectivity index (χ0) is 11.4. The molecule has 2 aromatic rings. The Kier molecular flexibility index (Phi) is 3.00. The van der Waals surface area contributed by atoms with Gasteiger partial charge in [0, 0.05) is 6.42 Å². The summed E-state index contributed by atoms with van der Waals surface area (Å²) in [6, 6.07) is 9.90. The lowest BCUT2D eigenvalue weighted by Crippen LogP contribution is -2.03. The second kappa shape index (κ2) is 4.61. The Morgan fingerprint density at radius 2 is 2.06 bits per heavy atom. The number of hydrogen-bond donors (Lipinski definition) is 2. The minimum atomic E-state index is 0.0232. The third-order valence-corrected chi connectivity index (χ3v) is 2.45. The van der Waals surface area contributed by atoms with Crippen molar-refractivity contribution in [2.45, 2.75) is 12.8 Å². The van der Waals surface area contributed by atoms with Crippen LogP contribution in [0.5, 0.6) is 0 Å². The number of ketones is 1. The topological polar surface area (TPSA) is 71.8 Å². The number of aryl methyl sites for hydroxylation is 1. The molecular formula is C12H13N3O. The summed E-state index contributed by atoms with van der Waals surface area (Å²) in [7, 11) is 0. The summed E-state index contributed by atoms with van der Waals surface area (Å²) >= 11 is 0. The molecule has 1 aromatic heterocycles. The quantitative estimate of drug-likeness (QED) is 0.764. The van der Waals surface area contributed by atoms with E-state index in [-0.39, 0.29) is 5.78 Å². The molecule has 4 heteroatoms. The minimum absolute atomic E-state index is 0.0232. The Balaban J connectivity index is 1.97. The van der Waals surface area contributed by atoms with Gasteiger partial charge < -0.3 is 5.73 Å². The fourth-order valence-corrected chi connectivity index (χ4v) is 1.56. The van der Waals surface area contributed by atoms with Crippen LogP contribution in [0.1, 0.15) is 22.3 Å². The van der Waals surface area contributed by atoms with Crippen molar-refractivity contribution in [3.63, 3.8) is 0 Å². The van der Waals surface area contributed by atoms with E-state index in [1.807, 2.05) is 30.3 Å². The van der Waals surface area contributed by atoms with Gasteiger partial charge in [-0.15, -0.1) is 0 Å². The number of nitrogens with one attached hydrogen (secondary N) is 1. The van der Waals surface area contributed by atoms with E-state index in [0.29, 0.717) is 17.8 Å². The molecular weight excluding hydrogens is 202 g/mol. The van der Waals surface area contributed by atoms with Crippen molar-refractivity contribution in [2.75, 3.05) is 5.73 Å². The van der Waals surface area contributed by atoms with Gasteiger partial charge >= 0.3 is 0 Å². The van der Waals surface area contributed by atoms with Gasteiger partial charge in [0.1, 0.15) is 5.82 Å². The highest BCUT2D eigenvalue weighted by Gasteiger charge is 2.11. The van der Waals surface area contributed by atoms with Crippen molar-refractivity contribution in [1.29, 1.82) is 0 Å². The van der Waals surface area contributed by atoms with Gasteiger partial charge in [-0.3, -0.25) is 9.89 Å². The highest BCUT2D eigenvalue weighted by Crippen LogP contribution is 2.11. The molecule has 0 spiro atoms. The molecule has 16 heavy (non-hydrogen) atoms. The first-order valence-corrected chi connectivity index (χ1v) is 5.13. The Morgan fingerprint density at radius 1 is 1.31 bits per heavy atom. The van der Waals surface area contributed by atoms with E-state index in [9.17, 15) is 4.79 Å². The van der Waals surface area contributed by atoms with Crippen molar-refractivity contribution in [3.8, 4) is 0 Å². The number of nitrogen functional groups attached to an aromatic ring is 1. The molecule has 2 rings (SSSR count). The number of nitrogens with zero attached hydrogens (tertiary/aromatic N) is 1. The Morgan fingerprint density at radius 3 is 2.69 bits per heavy atom. The van der Waals surface area contributed by atoms with E-state index in [0.717, 1.165) is 12.0 Å². The molecule has 4 nitrogen and oxygen atoms in total. The number of benzene rings is 1. The summed E-state index contributed by atoms with van der Waals surface area (Å²) in [5, 5.41) is 6.28. The maximum absolute atomic E-state index is 11.8. The monoisotopic (exact) mass is 215 g/mol. The molecule has 0 bridgehead atoms. The van der Waals surface area contributed by atoms with Crippen LogP contribution in [-0.2, 0) is 6.42 Å². The highest BCUT2D eigenvalue weighted by molar-refractivity contribution is 5.99. The van der Waals surface area contributed by atoms with Gasteiger partial charge in [0.05, 0.1) is 11.8 Å². The molecule has 0 radical (unpaired) electrons. The predicted molar refractivity (Wildman–Crippen MR) is 62.1 cm³/mol. The van der Waals surface area contributed by atoms with Gasteiger partial charge in [0.2, 0.25) is 0 Å². The number of nitrogens with two attached hydrogens (primary N) is 1. The van der Waals surface area contributed by atoms with Crippen molar-refractivity contribution in [1.82, 2.24) is 10.2 Å². The molecule has 1 heterocycles. The fraction of sp³-hybridized carbons (Fsp3) is 0.167. The second-order valence-electron chi connectivity index (χ2n) is 3.61. The van der Waals surface area contributed by atoms with Crippen LogP contribution in [-0.4, -0.2) is 16.0 Å². The lowest BCUT2D eigenvalue weighted by molar-refractivity contribution is 0.0984. The van der Waals surface area contributed by atoms with Gasteiger partial charge in [-0.1, -0.05) is 30.3 Å². The molecule has 0 saturated carbocycles. The Hall–Kier alpha value is -2.10. The van der Waals surface area contributed by atoms with Crippen molar-refractivity contribution in [3.05, 3.63) is 47.7 Å². The van der Waals surface area contributed by atoms with Crippen LogP contribution in [0.3, 0.4) is 0 Å². The predicted octanol–water partition coefficient (Wildman–Crippen LogP) is 1.81. The van der Waals surface area contributed by atoms with Crippen LogP contribution in [0, 0.1) is 0 Å².